The average molecular weight is 293 g/mol. The van der Waals surface area contributed by atoms with Crippen molar-refractivity contribution in [2.75, 3.05) is 40.5 Å². The first kappa shape index (κ1) is 15.3. The van der Waals surface area contributed by atoms with Crippen LogP contribution in [0.4, 0.5) is 8.78 Å². The topological polar surface area (TPSA) is 24.9 Å². The highest BCUT2D eigenvalue weighted by Crippen LogP contribution is 2.40. The van der Waals surface area contributed by atoms with E-state index >= 15 is 0 Å². The van der Waals surface area contributed by atoms with Gasteiger partial charge in [-0.2, -0.15) is 8.78 Å². The molecule has 4 nitrogen and oxygen atoms in total. The van der Waals surface area contributed by atoms with Gasteiger partial charge in [-0.05, 0) is 0 Å². The van der Waals surface area contributed by atoms with Crippen molar-refractivity contribution in [2.45, 2.75) is 17.2 Å². The molecule has 0 bridgehead atoms. The minimum absolute atomic E-state index is 0.0182. The van der Waals surface area contributed by atoms with Gasteiger partial charge in [0, 0.05) is 27.3 Å². The summed E-state index contributed by atoms with van der Waals surface area (Å²) in [6, 6.07) is 0. The SMILES string of the molecule is COCCN1C(Cl)C(Cl)N(CCOC)C1(F)F. The fourth-order valence-electron chi connectivity index (χ4n) is 1.65. The van der Waals surface area contributed by atoms with Gasteiger partial charge in [0.15, 0.2) is 0 Å². The molecule has 0 spiro atoms. The Morgan fingerprint density at radius 2 is 1.35 bits per heavy atom. The minimum Gasteiger partial charge on any atom is -0.383 e. The third kappa shape index (κ3) is 3.19. The van der Waals surface area contributed by atoms with Gasteiger partial charge in [0.1, 0.15) is 11.0 Å². The van der Waals surface area contributed by atoms with Crippen molar-refractivity contribution in [1.82, 2.24) is 9.80 Å². The molecule has 1 rings (SSSR count). The molecule has 1 saturated heterocycles. The summed E-state index contributed by atoms with van der Waals surface area (Å²) in [4.78, 5) is 1.65. The Hall–Kier alpha value is 0.280. The molecule has 0 saturated carbocycles. The highest BCUT2D eigenvalue weighted by atomic mass is 35.5. The third-order valence-corrected chi connectivity index (χ3v) is 3.66. The molecule has 17 heavy (non-hydrogen) atoms. The quantitative estimate of drug-likeness (QED) is 0.548. The summed E-state index contributed by atoms with van der Waals surface area (Å²) in [5.41, 5.74) is -1.92. The molecule has 1 aliphatic rings. The van der Waals surface area contributed by atoms with Gasteiger partial charge in [-0.25, -0.2) is 9.80 Å². The molecule has 0 aromatic rings. The van der Waals surface area contributed by atoms with Crippen LogP contribution in [0.2, 0.25) is 0 Å². The molecular weight excluding hydrogens is 277 g/mol. The number of hydrogen-bond donors (Lipinski definition) is 0. The number of alkyl halides is 4. The highest BCUT2D eigenvalue weighted by Gasteiger charge is 2.58. The van der Waals surface area contributed by atoms with Gasteiger partial charge < -0.3 is 9.47 Å². The van der Waals surface area contributed by atoms with Crippen LogP contribution < -0.4 is 0 Å². The van der Waals surface area contributed by atoms with E-state index in [0.717, 1.165) is 9.80 Å². The van der Waals surface area contributed by atoms with Crippen LogP contribution in [-0.2, 0) is 9.47 Å². The van der Waals surface area contributed by atoms with Gasteiger partial charge in [-0.1, -0.05) is 0 Å². The number of nitrogens with zero attached hydrogens (tertiary/aromatic N) is 2. The van der Waals surface area contributed by atoms with E-state index in [0.29, 0.717) is 0 Å². The van der Waals surface area contributed by atoms with E-state index in [1.807, 2.05) is 0 Å². The molecule has 102 valence electrons. The summed E-state index contributed by atoms with van der Waals surface area (Å²) >= 11 is 11.8. The maximum atomic E-state index is 14.0. The molecular formula is C9H16Cl2F2N2O2. The Balaban J connectivity index is 2.73. The van der Waals surface area contributed by atoms with Crippen LogP contribution in [0.1, 0.15) is 0 Å². The second-order valence-electron chi connectivity index (χ2n) is 3.63. The van der Waals surface area contributed by atoms with E-state index < -0.39 is 17.2 Å². The van der Waals surface area contributed by atoms with Gasteiger partial charge in [0.05, 0.1) is 13.2 Å². The zero-order valence-electron chi connectivity index (χ0n) is 9.71. The van der Waals surface area contributed by atoms with Crippen molar-refractivity contribution in [3.63, 3.8) is 0 Å². The van der Waals surface area contributed by atoms with Crippen LogP contribution in [0.25, 0.3) is 0 Å². The fourth-order valence-corrected chi connectivity index (χ4v) is 2.36. The van der Waals surface area contributed by atoms with Crippen molar-refractivity contribution in [1.29, 1.82) is 0 Å². The van der Waals surface area contributed by atoms with Crippen LogP contribution in [0.3, 0.4) is 0 Å². The number of ether oxygens (including phenoxy) is 2. The van der Waals surface area contributed by atoms with Crippen molar-refractivity contribution in [2.24, 2.45) is 0 Å². The van der Waals surface area contributed by atoms with Crippen LogP contribution in [0.5, 0.6) is 0 Å². The Morgan fingerprint density at radius 3 is 1.65 bits per heavy atom. The third-order valence-electron chi connectivity index (χ3n) is 2.59. The van der Waals surface area contributed by atoms with Crippen LogP contribution in [0.15, 0.2) is 0 Å². The molecule has 2 unspecified atom stereocenters. The smallest absolute Gasteiger partial charge is 0.372 e. The number of methoxy groups -OCH3 is 2. The maximum Gasteiger partial charge on any atom is 0.372 e. The zero-order valence-corrected chi connectivity index (χ0v) is 11.2. The Labute approximate surface area is 109 Å². The second kappa shape index (κ2) is 6.45. The van der Waals surface area contributed by atoms with Crippen molar-refractivity contribution in [3.05, 3.63) is 0 Å². The second-order valence-corrected chi connectivity index (χ2v) is 4.52. The molecule has 0 radical (unpaired) electrons. The van der Waals surface area contributed by atoms with Gasteiger partial charge >= 0.3 is 6.17 Å². The first-order valence-electron chi connectivity index (χ1n) is 5.14. The first-order valence-corrected chi connectivity index (χ1v) is 6.01. The monoisotopic (exact) mass is 292 g/mol. The molecule has 1 aliphatic heterocycles. The van der Waals surface area contributed by atoms with Crippen LogP contribution in [-0.4, -0.2) is 67.5 Å². The van der Waals surface area contributed by atoms with Gasteiger partial charge in [0.2, 0.25) is 0 Å². The zero-order chi connectivity index (χ0) is 13.1. The van der Waals surface area contributed by atoms with E-state index in [9.17, 15) is 8.78 Å². The van der Waals surface area contributed by atoms with Crippen LogP contribution >= 0.6 is 23.2 Å². The van der Waals surface area contributed by atoms with E-state index in [4.69, 9.17) is 32.7 Å². The lowest BCUT2D eigenvalue weighted by atomic mass is 10.5. The molecule has 0 aromatic carbocycles. The molecule has 0 amide bonds. The molecule has 0 aliphatic carbocycles. The number of hydrogen-bond acceptors (Lipinski definition) is 4. The summed E-state index contributed by atoms with van der Waals surface area (Å²) in [5, 5.41) is 0. The van der Waals surface area contributed by atoms with Crippen molar-refractivity contribution in [3.8, 4) is 0 Å². The van der Waals surface area contributed by atoms with E-state index in [2.05, 4.69) is 0 Å². The summed E-state index contributed by atoms with van der Waals surface area (Å²) < 4.78 is 37.5. The molecule has 2 atom stereocenters. The lowest BCUT2D eigenvalue weighted by Crippen LogP contribution is -2.49. The number of halogens is 4. The summed E-state index contributed by atoms with van der Waals surface area (Å²) in [7, 11) is 2.89. The minimum atomic E-state index is -3.18. The lowest BCUT2D eigenvalue weighted by Gasteiger charge is -2.29. The van der Waals surface area contributed by atoms with Crippen molar-refractivity contribution >= 4 is 23.2 Å². The number of rotatable bonds is 6. The fraction of sp³-hybridized carbons (Fsp3) is 1.00. The molecule has 8 heteroatoms. The van der Waals surface area contributed by atoms with Crippen molar-refractivity contribution < 1.29 is 18.3 Å². The molecule has 0 aromatic heterocycles. The largest absolute Gasteiger partial charge is 0.383 e. The van der Waals surface area contributed by atoms with Gasteiger partial charge in [-0.3, -0.25) is 0 Å². The molecule has 1 fully saturated rings. The highest BCUT2D eigenvalue weighted by molar-refractivity contribution is 6.29. The van der Waals surface area contributed by atoms with E-state index in [1.165, 1.54) is 14.2 Å². The molecule has 0 N–H and O–H groups in total. The lowest BCUT2D eigenvalue weighted by molar-refractivity contribution is -0.217. The van der Waals surface area contributed by atoms with Crippen LogP contribution in [0, 0.1) is 0 Å². The normalized spacial score (nSPS) is 30.0. The van der Waals surface area contributed by atoms with Gasteiger partial charge in [-0.15, -0.1) is 23.2 Å². The Morgan fingerprint density at radius 1 is 1.00 bits per heavy atom. The van der Waals surface area contributed by atoms with Gasteiger partial charge in [0.25, 0.3) is 0 Å². The summed E-state index contributed by atoms with van der Waals surface area (Å²) in [6.07, 6.45) is -3.18. The predicted molar refractivity (Wildman–Crippen MR) is 61.4 cm³/mol. The average Bonchev–Trinajstić information content (AvgIpc) is 2.43. The summed E-state index contributed by atoms with van der Waals surface area (Å²) in [6.45, 7) is 0.371. The van der Waals surface area contributed by atoms with E-state index in [1.54, 1.807) is 0 Å². The van der Waals surface area contributed by atoms with E-state index in [-0.39, 0.29) is 26.3 Å². The summed E-state index contributed by atoms with van der Waals surface area (Å²) in [5.74, 6) is 0. The Bertz CT molecular complexity index is 227. The molecule has 1 heterocycles. The first-order chi connectivity index (χ1) is 7.96. The maximum absolute atomic E-state index is 14.0. The Kier molecular flexibility index (Phi) is 5.82. The standard InChI is InChI=1S/C9H16Cl2F2N2O2/c1-16-5-3-14-7(10)8(11)15(4-6-17-2)9(14,12)13/h7-8H,3-6H2,1-2H3. The predicted octanol–water partition coefficient (Wildman–Crippen LogP) is 1.58.